The Morgan fingerprint density at radius 3 is 2.45 bits per heavy atom. The highest BCUT2D eigenvalue weighted by Gasteiger charge is 2.67. The van der Waals surface area contributed by atoms with Gasteiger partial charge in [-0.25, -0.2) is 4.79 Å². The quantitative estimate of drug-likeness (QED) is 0.446. The van der Waals surface area contributed by atoms with Crippen LogP contribution in [0.5, 0.6) is 0 Å². The topological polar surface area (TPSA) is 26.3 Å². The lowest BCUT2D eigenvalue weighted by atomic mass is 9.62. The number of esters is 1. The van der Waals surface area contributed by atoms with E-state index in [0.29, 0.717) is 18.1 Å². The van der Waals surface area contributed by atoms with Crippen molar-refractivity contribution < 1.29 is 9.53 Å². The summed E-state index contributed by atoms with van der Waals surface area (Å²) in [6.07, 6.45) is 8.87. The molecule has 9 atom stereocenters. The molecule has 5 saturated carbocycles. The lowest BCUT2D eigenvalue weighted by molar-refractivity contribution is -0.141. The fourth-order valence-electron chi connectivity index (χ4n) is 7.95. The van der Waals surface area contributed by atoms with E-state index in [2.05, 4.69) is 6.58 Å². The molecule has 0 radical (unpaired) electrons. The van der Waals surface area contributed by atoms with Crippen LogP contribution in [0.25, 0.3) is 0 Å². The zero-order valence-electron chi connectivity index (χ0n) is 13.7. The predicted octanol–water partition coefficient (Wildman–Crippen LogP) is 4.06. The monoisotopic (exact) mass is 300 g/mol. The van der Waals surface area contributed by atoms with Gasteiger partial charge in [-0.2, -0.15) is 0 Å². The van der Waals surface area contributed by atoms with Gasteiger partial charge in [-0.3, -0.25) is 0 Å². The first-order chi connectivity index (χ1) is 10.6. The van der Waals surface area contributed by atoms with Gasteiger partial charge in [-0.05, 0) is 92.3 Å². The molecule has 0 aromatic heterocycles. The maximum absolute atomic E-state index is 11.7. The molecule has 120 valence electrons. The summed E-state index contributed by atoms with van der Waals surface area (Å²) >= 11 is 0. The van der Waals surface area contributed by atoms with E-state index in [1.165, 1.54) is 32.1 Å². The van der Waals surface area contributed by atoms with Crippen LogP contribution in [0, 0.1) is 53.3 Å². The Bertz CT molecular complexity index is 524. The normalized spacial score (nSPS) is 53.6. The van der Waals surface area contributed by atoms with E-state index in [-0.39, 0.29) is 5.97 Å². The first-order valence-electron chi connectivity index (χ1n) is 9.47. The molecule has 22 heavy (non-hydrogen) atoms. The second-order valence-electron chi connectivity index (χ2n) is 9.01. The minimum Gasteiger partial charge on any atom is -0.462 e. The van der Waals surface area contributed by atoms with Gasteiger partial charge in [0.25, 0.3) is 0 Å². The number of carbonyl (C=O) groups excluding carboxylic acids is 1. The van der Waals surface area contributed by atoms with E-state index < -0.39 is 0 Å². The summed E-state index contributed by atoms with van der Waals surface area (Å²) in [4.78, 5) is 11.7. The molecule has 9 unspecified atom stereocenters. The Morgan fingerprint density at radius 1 is 1.00 bits per heavy atom. The SMILES string of the molecule is C=C(C)C(=O)OCC1CC2CC1C1C3CC(C4CCCC43)C21. The van der Waals surface area contributed by atoms with E-state index in [4.69, 9.17) is 4.74 Å². The van der Waals surface area contributed by atoms with Crippen molar-refractivity contribution in [2.75, 3.05) is 6.61 Å². The van der Waals surface area contributed by atoms with Gasteiger partial charge in [0, 0.05) is 5.57 Å². The Hall–Kier alpha value is -0.790. The number of hydrogen-bond acceptors (Lipinski definition) is 2. The predicted molar refractivity (Wildman–Crippen MR) is 84.9 cm³/mol. The molecule has 0 amide bonds. The van der Waals surface area contributed by atoms with Crippen molar-refractivity contribution in [3.63, 3.8) is 0 Å². The minimum absolute atomic E-state index is 0.192. The third-order valence-corrected chi connectivity index (χ3v) is 8.30. The molecule has 2 heteroatoms. The van der Waals surface area contributed by atoms with Crippen molar-refractivity contribution in [2.24, 2.45) is 53.3 Å². The average molecular weight is 300 g/mol. The molecule has 0 aromatic carbocycles. The summed E-state index contributed by atoms with van der Waals surface area (Å²) in [5, 5.41) is 0. The largest absolute Gasteiger partial charge is 0.462 e. The van der Waals surface area contributed by atoms with Crippen molar-refractivity contribution >= 4 is 5.97 Å². The van der Waals surface area contributed by atoms with Crippen LogP contribution in [-0.4, -0.2) is 12.6 Å². The van der Waals surface area contributed by atoms with E-state index in [0.717, 1.165) is 47.3 Å². The van der Waals surface area contributed by atoms with Crippen LogP contribution in [0.1, 0.15) is 45.4 Å². The summed E-state index contributed by atoms with van der Waals surface area (Å²) in [6.45, 7) is 6.09. The number of carbonyl (C=O) groups is 1. The standard InChI is InChI=1S/C20H28O2/c1-10(2)20(21)22-9-12-6-11-7-15(12)19-17-8-16(18(11)19)13-4-3-5-14(13)17/h11-19H,1,3-9H2,2H3. The molecule has 5 fully saturated rings. The third kappa shape index (κ3) is 1.65. The van der Waals surface area contributed by atoms with E-state index in [9.17, 15) is 4.79 Å². The van der Waals surface area contributed by atoms with Crippen LogP contribution in [0.2, 0.25) is 0 Å². The van der Waals surface area contributed by atoms with Crippen molar-refractivity contribution in [1.29, 1.82) is 0 Å². The van der Waals surface area contributed by atoms with E-state index in [1.54, 1.807) is 13.3 Å². The molecule has 5 aliphatic carbocycles. The molecule has 0 heterocycles. The number of ether oxygens (including phenoxy) is 1. The highest BCUT2D eigenvalue weighted by Crippen LogP contribution is 2.73. The zero-order valence-corrected chi connectivity index (χ0v) is 13.7. The Kier molecular flexibility index (Phi) is 2.86. The highest BCUT2D eigenvalue weighted by atomic mass is 16.5. The van der Waals surface area contributed by atoms with Crippen molar-refractivity contribution in [3.05, 3.63) is 12.2 Å². The molecule has 0 saturated heterocycles. The van der Waals surface area contributed by atoms with Crippen molar-refractivity contribution in [2.45, 2.75) is 45.4 Å². The summed E-state index contributed by atoms with van der Waals surface area (Å²) < 4.78 is 5.52. The molecule has 0 spiro atoms. The fraction of sp³-hybridized carbons (Fsp3) is 0.850. The van der Waals surface area contributed by atoms with Gasteiger partial charge >= 0.3 is 5.97 Å². The van der Waals surface area contributed by atoms with Crippen LogP contribution in [0.15, 0.2) is 12.2 Å². The van der Waals surface area contributed by atoms with Crippen LogP contribution < -0.4 is 0 Å². The first-order valence-corrected chi connectivity index (χ1v) is 9.47. The Morgan fingerprint density at radius 2 is 1.73 bits per heavy atom. The molecular formula is C20H28O2. The minimum atomic E-state index is -0.192. The van der Waals surface area contributed by atoms with Gasteiger partial charge < -0.3 is 4.74 Å². The Balaban J connectivity index is 1.31. The molecule has 0 aromatic rings. The summed E-state index contributed by atoms with van der Waals surface area (Å²) in [5.41, 5.74) is 0.537. The number of fused-ring (bicyclic) bond motifs is 12. The number of rotatable bonds is 3. The lowest BCUT2D eigenvalue weighted by Gasteiger charge is -2.43. The van der Waals surface area contributed by atoms with Gasteiger partial charge in [0.1, 0.15) is 0 Å². The molecular weight excluding hydrogens is 272 g/mol. The van der Waals surface area contributed by atoms with Gasteiger partial charge in [-0.15, -0.1) is 0 Å². The van der Waals surface area contributed by atoms with Crippen molar-refractivity contribution in [3.8, 4) is 0 Å². The first kappa shape index (κ1) is 13.6. The zero-order chi connectivity index (χ0) is 15.0. The van der Waals surface area contributed by atoms with E-state index >= 15 is 0 Å². The van der Waals surface area contributed by atoms with Crippen LogP contribution in [-0.2, 0) is 9.53 Å². The second-order valence-corrected chi connectivity index (χ2v) is 9.01. The molecule has 0 N–H and O–H groups in total. The lowest BCUT2D eigenvalue weighted by Crippen LogP contribution is -2.39. The molecule has 0 aliphatic heterocycles. The van der Waals surface area contributed by atoms with Crippen LogP contribution in [0.3, 0.4) is 0 Å². The van der Waals surface area contributed by atoms with E-state index in [1.807, 2.05) is 0 Å². The smallest absolute Gasteiger partial charge is 0.333 e. The fourth-order valence-corrected chi connectivity index (χ4v) is 7.95. The second kappa shape index (κ2) is 4.61. The van der Waals surface area contributed by atoms with Gasteiger partial charge in [-0.1, -0.05) is 13.0 Å². The molecule has 5 aliphatic rings. The van der Waals surface area contributed by atoms with Gasteiger partial charge in [0.2, 0.25) is 0 Å². The average Bonchev–Trinajstić information content (AvgIpc) is 3.24. The van der Waals surface area contributed by atoms with Crippen LogP contribution in [0.4, 0.5) is 0 Å². The van der Waals surface area contributed by atoms with Crippen molar-refractivity contribution in [1.82, 2.24) is 0 Å². The summed E-state index contributed by atoms with van der Waals surface area (Å²) in [5.74, 6) is 8.63. The van der Waals surface area contributed by atoms with Gasteiger partial charge in [0.15, 0.2) is 0 Å². The van der Waals surface area contributed by atoms with Crippen LogP contribution >= 0.6 is 0 Å². The third-order valence-electron chi connectivity index (χ3n) is 8.30. The maximum Gasteiger partial charge on any atom is 0.333 e. The maximum atomic E-state index is 11.7. The Labute approximate surface area is 133 Å². The summed E-state index contributed by atoms with van der Waals surface area (Å²) in [7, 11) is 0. The highest BCUT2D eigenvalue weighted by molar-refractivity contribution is 5.86. The summed E-state index contributed by atoms with van der Waals surface area (Å²) in [6, 6.07) is 0. The van der Waals surface area contributed by atoms with Gasteiger partial charge in [0.05, 0.1) is 6.61 Å². The number of hydrogen-bond donors (Lipinski definition) is 0. The molecule has 5 rings (SSSR count). The molecule has 4 bridgehead atoms. The molecule has 2 nitrogen and oxygen atoms in total.